The number of hydrogen-bond donors (Lipinski definition) is 2. The van der Waals surface area contributed by atoms with Crippen LogP contribution in [-0.2, 0) is 4.79 Å². The molecule has 0 amide bonds. The van der Waals surface area contributed by atoms with Crippen molar-refractivity contribution >= 4 is 11.7 Å². The predicted molar refractivity (Wildman–Crippen MR) is 70.3 cm³/mol. The fourth-order valence-corrected chi connectivity index (χ4v) is 1.91. The Morgan fingerprint density at radius 1 is 1.47 bits per heavy atom. The fraction of sp³-hybridized carbons (Fsp3) is 0.429. The number of carboxylic acid groups (broad SMARTS) is 1. The fourth-order valence-electron chi connectivity index (χ4n) is 1.91. The second-order valence-corrected chi connectivity index (χ2v) is 4.45. The second-order valence-electron chi connectivity index (χ2n) is 4.45. The Kier molecular flexibility index (Phi) is 4.87. The van der Waals surface area contributed by atoms with Gasteiger partial charge < -0.3 is 10.4 Å². The lowest BCUT2D eigenvalue weighted by molar-refractivity contribution is -0.148. The number of aliphatic carboxylic acids is 1. The number of nitrogens with zero attached hydrogens (tertiary/aromatic N) is 1. The van der Waals surface area contributed by atoms with Gasteiger partial charge in [0.25, 0.3) is 0 Å². The number of hydrogen-bond acceptors (Lipinski definition) is 3. The van der Waals surface area contributed by atoms with Crippen LogP contribution in [0.4, 0.5) is 10.1 Å². The molecule has 0 saturated carbocycles. The summed E-state index contributed by atoms with van der Waals surface area (Å²) in [4.78, 5) is 11.3. The summed E-state index contributed by atoms with van der Waals surface area (Å²) in [6, 6.07) is 5.71. The monoisotopic (exact) mass is 264 g/mol. The molecule has 19 heavy (non-hydrogen) atoms. The third-order valence-electron chi connectivity index (χ3n) is 3.53. The Morgan fingerprint density at radius 2 is 2.11 bits per heavy atom. The summed E-state index contributed by atoms with van der Waals surface area (Å²) >= 11 is 0. The topological polar surface area (TPSA) is 73.1 Å². The predicted octanol–water partition coefficient (Wildman–Crippen LogP) is 3.00. The van der Waals surface area contributed by atoms with Crippen LogP contribution >= 0.6 is 0 Å². The molecule has 0 fully saturated rings. The normalized spacial score (nSPS) is 10.8. The zero-order valence-corrected chi connectivity index (χ0v) is 11.0. The molecule has 0 saturated heterocycles. The average Bonchev–Trinajstić information content (AvgIpc) is 2.41. The lowest BCUT2D eigenvalue weighted by atomic mass is 9.82. The first kappa shape index (κ1) is 15.0. The van der Waals surface area contributed by atoms with Crippen LogP contribution in [0.2, 0.25) is 0 Å². The van der Waals surface area contributed by atoms with Crippen LogP contribution in [-0.4, -0.2) is 17.6 Å². The molecule has 1 rings (SSSR count). The van der Waals surface area contributed by atoms with E-state index in [9.17, 15) is 14.3 Å². The molecular formula is C14H17FN2O2. The van der Waals surface area contributed by atoms with Crippen LogP contribution < -0.4 is 5.32 Å². The molecule has 0 heterocycles. The van der Waals surface area contributed by atoms with Crippen LogP contribution in [0, 0.1) is 22.6 Å². The van der Waals surface area contributed by atoms with Gasteiger partial charge in [0.2, 0.25) is 0 Å². The first-order valence-corrected chi connectivity index (χ1v) is 6.16. The van der Waals surface area contributed by atoms with E-state index in [1.807, 2.05) is 19.9 Å². The molecule has 0 atom stereocenters. The molecule has 0 aliphatic rings. The number of carboxylic acids is 1. The smallest absolute Gasteiger partial charge is 0.311 e. The second kappa shape index (κ2) is 6.19. The Hall–Kier alpha value is -2.09. The maximum atomic E-state index is 13.0. The highest BCUT2D eigenvalue weighted by Gasteiger charge is 2.34. The molecule has 0 aliphatic carbocycles. The van der Waals surface area contributed by atoms with E-state index in [0.717, 1.165) is 6.07 Å². The summed E-state index contributed by atoms with van der Waals surface area (Å²) in [6.07, 6.45) is 0.962. The maximum Gasteiger partial charge on any atom is 0.311 e. The zero-order chi connectivity index (χ0) is 14.5. The Morgan fingerprint density at radius 3 is 2.58 bits per heavy atom. The third kappa shape index (κ3) is 3.22. The largest absolute Gasteiger partial charge is 0.481 e. The van der Waals surface area contributed by atoms with Gasteiger partial charge in [-0.25, -0.2) is 4.39 Å². The van der Waals surface area contributed by atoms with Crippen molar-refractivity contribution in [1.29, 1.82) is 5.26 Å². The van der Waals surface area contributed by atoms with Gasteiger partial charge in [-0.2, -0.15) is 5.26 Å². The molecule has 0 aliphatic heterocycles. The summed E-state index contributed by atoms with van der Waals surface area (Å²) in [7, 11) is 0. The Bertz CT molecular complexity index is 505. The number of halogens is 1. The summed E-state index contributed by atoms with van der Waals surface area (Å²) in [5, 5.41) is 21.2. The van der Waals surface area contributed by atoms with Crippen LogP contribution in [0.3, 0.4) is 0 Å². The van der Waals surface area contributed by atoms with E-state index in [0.29, 0.717) is 18.5 Å². The summed E-state index contributed by atoms with van der Waals surface area (Å²) in [6.45, 7) is 3.83. The molecule has 4 nitrogen and oxygen atoms in total. The van der Waals surface area contributed by atoms with Gasteiger partial charge in [0.05, 0.1) is 16.7 Å². The number of nitrogens with one attached hydrogen (secondary N) is 1. The van der Waals surface area contributed by atoms with Crippen molar-refractivity contribution in [2.75, 3.05) is 11.9 Å². The van der Waals surface area contributed by atoms with Gasteiger partial charge in [0.1, 0.15) is 11.9 Å². The summed E-state index contributed by atoms with van der Waals surface area (Å²) in [5.74, 6) is -1.36. The maximum absolute atomic E-state index is 13.0. The highest BCUT2D eigenvalue weighted by Crippen LogP contribution is 2.28. The van der Waals surface area contributed by atoms with E-state index in [1.165, 1.54) is 12.1 Å². The number of anilines is 1. The molecule has 5 heteroatoms. The molecule has 2 N–H and O–H groups in total. The average molecular weight is 264 g/mol. The van der Waals surface area contributed by atoms with E-state index < -0.39 is 17.2 Å². The van der Waals surface area contributed by atoms with Crippen molar-refractivity contribution in [2.45, 2.75) is 26.7 Å². The SMILES string of the molecule is CCC(CC)(CNc1ccc(F)cc1C#N)C(=O)O. The van der Waals surface area contributed by atoms with Crippen molar-refractivity contribution in [3.8, 4) is 6.07 Å². The van der Waals surface area contributed by atoms with E-state index in [4.69, 9.17) is 5.26 Å². The molecule has 0 spiro atoms. The van der Waals surface area contributed by atoms with Crippen LogP contribution in [0.1, 0.15) is 32.3 Å². The molecule has 1 aromatic rings. The van der Waals surface area contributed by atoms with Gasteiger partial charge in [0.15, 0.2) is 0 Å². The minimum atomic E-state index is -0.874. The highest BCUT2D eigenvalue weighted by molar-refractivity contribution is 5.75. The summed E-state index contributed by atoms with van der Waals surface area (Å²) < 4.78 is 13.0. The molecule has 0 bridgehead atoms. The summed E-state index contributed by atoms with van der Waals surface area (Å²) in [5.41, 5.74) is -0.246. The quantitative estimate of drug-likeness (QED) is 0.828. The number of nitriles is 1. The van der Waals surface area contributed by atoms with Crippen molar-refractivity contribution < 1.29 is 14.3 Å². The number of rotatable bonds is 6. The zero-order valence-electron chi connectivity index (χ0n) is 11.0. The minimum absolute atomic E-state index is 0.173. The van der Waals surface area contributed by atoms with Crippen molar-refractivity contribution in [3.05, 3.63) is 29.6 Å². The van der Waals surface area contributed by atoms with Crippen molar-refractivity contribution in [3.63, 3.8) is 0 Å². The standard InChI is InChI=1S/C14H17FN2O2/c1-3-14(4-2,13(18)19)9-17-12-6-5-11(15)7-10(12)8-16/h5-7,17H,3-4,9H2,1-2H3,(H,18,19). The van der Waals surface area contributed by atoms with Gasteiger partial charge >= 0.3 is 5.97 Å². The van der Waals surface area contributed by atoms with Gasteiger partial charge in [-0.05, 0) is 31.0 Å². The number of benzene rings is 1. The van der Waals surface area contributed by atoms with E-state index >= 15 is 0 Å². The molecule has 102 valence electrons. The van der Waals surface area contributed by atoms with E-state index in [2.05, 4.69) is 5.32 Å². The van der Waals surface area contributed by atoms with Crippen molar-refractivity contribution in [2.24, 2.45) is 5.41 Å². The van der Waals surface area contributed by atoms with Gasteiger partial charge in [-0.15, -0.1) is 0 Å². The molecule has 1 aromatic carbocycles. The number of carbonyl (C=O) groups is 1. The molecular weight excluding hydrogens is 247 g/mol. The van der Waals surface area contributed by atoms with Crippen LogP contribution in [0.15, 0.2) is 18.2 Å². The Balaban J connectivity index is 2.92. The Labute approximate surface area is 111 Å². The first-order chi connectivity index (χ1) is 8.99. The molecule has 0 aromatic heterocycles. The highest BCUT2D eigenvalue weighted by atomic mass is 19.1. The lowest BCUT2D eigenvalue weighted by Crippen LogP contribution is -2.37. The first-order valence-electron chi connectivity index (χ1n) is 6.16. The van der Waals surface area contributed by atoms with Gasteiger partial charge in [-0.3, -0.25) is 4.79 Å². The van der Waals surface area contributed by atoms with Gasteiger partial charge in [0, 0.05) is 6.54 Å². The van der Waals surface area contributed by atoms with Crippen molar-refractivity contribution in [1.82, 2.24) is 0 Å². The lowest BCUT2D eigenvalue weighted by Gasteiger charge is -2.27. The van der Waals surface area contributed by atoms with Crippen LogP contribution in [0.5, 0.6) is 0 Å². The third-order valence-corrected chi connectivity index (χ3v) is 3.53. The van der Waals surface area contributed by atoms with E-state index in [1.54, 1.807) is 0 Å². The minimum Gasteiger partial charge on any atom is -0.481 e. The van der Waals surface area contributed by atoms with E-state index in [-0.39, 0.29) is 12.1 Å². The molecule has 0 unspecified atom stereocenters. The van der Waals surface area contributed by atoms with Gasteiger partial charge in [-0.1, -0.05) is 13.8 Å². The van der Waals surface area contributed by atoms with Crippen LogP contribution in [0.25, 0.3) is 0 Å². The molecule has 0 radical (unpaired) electrons.